The Labute approximate surface area is 188 Å². The number of nitrogens with zero attached hydrogens (tertiary/aromatic N) is 4. The van der Waals surface area contributed by atoms with Gasteiger partial charge < -0.3 is 14.4 Å². The Bertz CT molecular complexity index is 1090. The molecule has 4 rings (SSSR count). The molecule has 0 bridgehead atoms. The van der Waals surface area contributed by atoms with Crippen molar-refractivity contribution in [2.45, 2.75) is 72.1 Å². The quantitative estimate of drug-likeness (QED) is 0.586. The van der Waals surface area contributed by atoms with Crippen LogP contribution >= 0.6 is 0 Å². The van der Waals surface area contributed by atoms with Crippen LogP contribution in [0.25, 0.3) is 11.3 Å². The molecule has 32 heavy (non-hydrogen) atoms. The highest BCUT2D eigenvalue weighted by Gasteiger charge is 2.28. The van der Waals surface area contributed by atoms with Gasteiger partial charge in [0.25, 0.3) is 5.91 Å². The van der Waals surface area contributed by atoms with E-state index < -0.39 is 0 Å². The molecule has 3 heterocycles. The van der Waals surface area contributed by atoms with Gasteiger partial charge in [-0.1, -0.05) is 24.2 Å². The molecule has 0 spiro atoms. The number of rotatable bonds is 6. The fourth-order valence-corrected chi connectivity index (χ4v) is 4.50. The van der Waals surface area contributed by atoms with Gasteiger partial charge in [-0.25, -0.2) is 9.97 Å². The molecule has 1 N–H and O–H groups in total. The Morgan fingerprint density at radius 3 is 2.53 bits per heavy atom. The van der Waals surface area contributed by atoms with Crippen LogP contribution in [0, 0.1) is 26.7 Å². The van der Waals surface area contributed by atoms with Gasteiger partial charge in [-0.3, -0.25) is 4.79 Å². The van der Waals surface area contributed by atoms with Crippen molar-refractivity contribution < 1.29 is 13.8 Å². The van der Waals surface area contributed by atoms with Crippen molar-refractivity contribution in [2.24, 2.45) is 5.92 Å². The third-order valence-electron chi connectivity index (χ3n) is 6.28. The molecule has 3 aromatic heterocycles. The van der Waals surface area contributed by atoms with E-state index >= 15 is 0 Å². The Kier molecular flexibility index (Phi) is 6.39. The van der Waals surface area contributed by atoms with Crippen molar-refractivity contribution in [3.8, 4) is 11.3 Å². The molecule has 8 nitrogen and oxygen atoms in total. The molecule has 0 atom stereocenters. The van der Waals surface area contributed by atoms with Crippen LogP contribution in [-0.4, -0.2) is 32.7 Å². The molecular weight excluding hydrogens is 406 g/mol. The Morgan fingerprint density at radius 1 is 1.12 bits per heavy atom. The average molecular weight is 438 g/mol. The molecule has 1 fully saturated rings. The van der Waals surface area contributed by atoms with E-state index in [0.717, 1.165) is 59.9 Å². The first kappa shape index (κ1) is 22.2. The summed E-state index contributed by atoms with van der Waals surface area (Å²) in [5.74, 6) is 2.89. The van der Waals surface area contributed by atoms with Gasteiger partial charge in [-0.15, -0.1) is 0 Å². The van der Waals surface area contributed by atoms with Crippen molar-refractivity contribution in [3.63, 3.8) is 0 Å². The van der Waals surface area contributed by atoms with Crippen LogP contribution in [0.1, 0.15) is 90.4 Å². The number of carbonyl (C=O) groups excluding carboxylic acids is 1. The predicted octanol–water partition coefficient (Wildman–Crippen LogP) is 4.87. The van der Waals surface area contributed by atoms with E-state index in [1.54, 1.807) is 6.92 Å². The van der Waals surface area contributed by atoms with Crippen molar-refractivity contribution in [3.05, 3.63) is 46.5 Å². The van der Waals surface area contributed by atoms with Crippen LogP contribution in [0.2, 0.25) is 0 Å². The average Bonchev–Trinajstić information content (AvgIpc) is 3.38. The van der Waals surface area contributed by atoms with E-state index in [9.17, 15) is 4.79 Å². The standard InChI is InChI=1S/C24H31N5O3/c1-13(2)22-21(15(4)31-29-22)24(30)26-11-17-6-8-18(9-7-17)23-19(12-25-16(5)27-23)20-10-14(3)28-32-20/h10,12-13,17-18H,6-9,11H2,1-5H3,(H,26,30). The second kappa shape index (κ2) is 9.22. The fraction of sp³-hybridized carbons (Fsp3) is 0.542. The smallest absolute Gasteiger partial charge is 0.256 e. The third kappa shape index (κ3) is 4.59. The fourth-order valence-electron chi connectivity index (χ4n) is 4.50. The molecule has 0 radical (unpaired) electrons. The lowest BCUT2D eigenvalue weighted by molar-refractivity contribution is 0.0940. The van der Waals surface area contributed by atoms with Crippen LogP contribution in [0.5, 0.6) is 0 Å². The van der Waals surface area contributed by atoms with Gasteiger partial charge in [-0.05, 0) is 58.3 Å². The number of nitrogens with one attached hydrogen (secondary N) is 1. The molecule has 1 aliphatic rings. The zero-order valence-electron chi connectivity index (χ0n) is 19.4. The second-order valence-electron chi connectivity index (χ2n) is 9.13. The number of aromatic nitrogens is 4. The second-order valence-corrected chi connectivity index (χ2v) is 9.13. The minimum atomic E-state index is -0.0935. The van der Waals surface area contributed by atoms with E-state index in [1.807, 2.05) is 40.0 Å². The van der Waals surface area contributed by atoms with Crippen molar-refractivity contribution >= 4 is 5.91 Å². The Hall–Kier alpha value is -3.03. The summed E-state index contributed by atoms with van der Waals surface area (Å²) in [6.45, 7) is 10.3. The topological polar surface area (TPSA) is 107 Å². The van der Waals surface area contributed by atoms with E-state index in [4.69, 9.17) is 14.0 Å². The lowest BCUT2D eigenvalue weighted by Crippen LogP contribution is -2.32. The summed E-state index contributed by atoms with van der Waals surface area (Å²) in [4.78, 5) is 21.9. The highest BCUT2D eigenvalue weighted by atomic mass is 16.5. The van der Waals surface area contributed by atoms with Gasteiger partial charge in [0.1, 0.15) is 17.1 Å². The maximum Gasteiger partial charge on any atom is 0.256 e. The number of amides is 1. The van der Waals surface area contributed by atoms with Crippen molar-refractivity contribution in [2.75, 3.05) is 6.54 Å². The van der Waals surface area contributed by atoms with Gasteiger partial charge >= 0.3 is 0 Å². The lowest BCUT2D eigenvalue weighted by atomic mass is 9.79. The molecule has 8 heteroatoms. The minimum absolute atomic E-state index is 0.0935. The number of carbonyl (C=O) groups is 1. The van der Waals surface area contributed by atoms with Crippen LogP contribution in [-0.2, 0) is 0 Å². The van der Waals surface area contributed by atoms with E-state index in [1.165, 1.54) is 0 Å². The van der Waals surface area contributed by atoms with Crippen LogP contribution in [0.3, 0.4) is 0 Å². The van der Waals surface area contributed by atoms with E-state index in [0.29, 0.717) is 29.7 Å². The van der Waals surface area contributed by atoms with Crippen LogP contribution < -0.4 is 5.32 Å². The first-order valence-corrected chi connectivity index (χ1v) is 11.3. The summed E-state index contributed by atoms with van der Waals surface area (Å²) in [6.07, 6.45) is 5.93. The van der Waals surface area contributed by atoms with Gasteiger partial charge in [0, 0.05) is 24.7 Å². The molecular formula is C24H31N5O3. The first-order valence-electron chi connectivity index (χ1n) is 11.3. The van der Waals surface area contributed by atoms with Gasteiger partial charge in [0.2, 0.25) is 0 Å². The summed E-state index contributed by atoms with van der Waals surface area (Å²) in [5, 5.41) is 11.2. The summed E-state index contributed by atoms with van der Waals surface area (Å²) in [6, 6.07) is 1.93. The maximum absolute atomic E-state index is 12.8. The Morgan fingerprint density at radius 2 is 1.88 bits per heavy atom. The number of hydrogen-bond acceptors (Lipinski definition) is 7. The maximum atomic E-state index is 12.8. The molecule has 1 aliphatic carbocycles. The zero-order valence-corrected chi connectivity index (χ0v) is 19.4. The summed E-state index contributed by atoms with van der Waals surface area (Å²) in [7, 11) is 0. The van der Waals surface area contributed by atoms with Crippen LogP contribution in [0.4, 0.5) is 0 Å². The summed E-state index contributed by atoms with van der Waals surface area (Å²) in [5.41, 5.74) is 4.11. The van der Waals surface area contributed by atoms with Gasteiger partial charge in [-0.2, -0.15) is 0 Å². The first-order chi connectivity index (χ1) is 15.3. The molecule has 1 saturated carbocycles. The highest BCUT2D eigenvalue weighted by Crippen LogP contribution is 2.39. The van der Waals surface area contributed by atoms with Crippen molar-refractivity contribution in [1.82, 2.24) is 25.6 Å². The van der Waals surface area contributed by atoms with Gasteiger partial charge in [0.05, 0.1) is 22.6 Å². The third-order valence-corrected chi connectivity index (χ3v) is 6.28. The number of aryl methyl sites for hydroxylation is 3. The predicted molar refractivity (Wildman–Crippen MR) is 119 cm³/mol. The Balaban J connectivity index is 1.39. The highest BCUT2D eigenvalue weighted by molar-refractivity contribution is 5.96. The van der Waals surface area contributed by atoms with E-state index in [-0.39, 0.29) is 11.8 Å². The molecule has 170 valence electrons. The minimum Gasteiger partial charge on any atom is -0.361 e. The molecule has 0 saturated heterocycles. The van der Waals surface area contributed by atoms with Crippen molar-refractivity contribution in [1.29, 1.82) is 0 Å². The molecule has 0 unspecified atom stereocenters. The molecule has 1 amide bonds. The summed E-state index contributed by atoms with van der Waals surface area (Å²) < 4.78 is 10.7. The van der Waals surface area contributed by atoms with Gasteiger partial charge in [0.15, 0.2) is 5.76 Å². The van der Waals surface area contributed by atoms with E-state index in [2.05, 4.69) is 20.6 Å². The normalized spacial score (nSPS) is 18.8. The SMILES string of the molecule is Cc1cc(-c2cnc(C)nc2C2CCC(CNC(=O)c3c(C(C)C)noc3C)CC2)on1. The molecule has 0 aromatic carbocycles. The lowest BCUT2D eigenvalue weighted by Gasteiger charge is -2.29. The van der Waals surface area contributed by atoms with Crippen LogP contribution in [0.15, 0.2) is 21.3 Å². The summed E-state index contributed by atoms with van der Waals surface area (Å²) >= 11 is 0. The molecule has 0 aliphatic heterocycles. The monoisotopic (exact) mass is 437 g/mol. The zero-order chi connectivity index (χ0) is 22.8. The largest absolute Gasteiger partial charge is 0.361 e. The number of hydrogen-bond donors (Lipinski definition) is 1. The molecule has 3 aromatic rings.